The minimum Gasteiger partial charge on any atom is -0.497 e. The third-order valence-corrected chi connectivity index (χ3v) is 6.69. The fourth-order valence-corrected chi connectivity index (χ4v) is 5.06. The van der Waals surface area contributed by atoms with Crippen LogP contribution in [0.25, 0.3) is 0 Å². The molecule has 2 aromatic rings. The number of benzene rings is 2. The number of piperidine rings is 1. The van der Waals surface area contributed by atoms with Gasteiger partial charge in [-0.25, -0.2) is 4.79 Å². The summed E-state index contributed by atoms with van der Waals surface area (Å²) in [6.07, 6.45) is 1.48. The van der Waals surface area contributed by atoms with Gasteiger partial charge in [-0.15, -0.1) is 0 Å². The molecule has 0 aromatic heterocycles. The highest BCUT2D eigenvalue weighted by Gasteiger charge is 2.60. The summed E-state index contributed by atoms with van der Waals surface area (Å²) in [6.45, 7) is 2.97. The van der Waals surface area contributed by atoms with Gasteiger partial charge in [0, 0.05) is 11.5 Å². The predicted molar refractivity (Wildman–Crippen MR) is 102 cm³/mol. The summed E-state index contributed by atoms with van der Waals surface area (Å²) in [4.78, 5) is 13.7. The van der Waals surface area contributed by atoms with Crippen molar-refractivity contribution in [2.24, 2.45) is 0 Å². The molecule has 2 aromatic carbocycles. The van der Waals surface area contributed by atoms with E-state index in [-0.39, 0.29) is 11.6 Å². The molecule has 4 rings (SSSR count). The summed E-state index contributed by atoms with van der Waals surface area (Å²) in [6, 6.07) is 12.7. The Morgan fingerprint density at radius 1 is 1.26 bits per heavy atom. The average molecular weight is 367 g/mol. The number of ether oxygens (including phenoxy) is 1. The number of aliphatic hydroxyl groups is 1. The number of rotatable bonds is 3. The zero-order valence-electron chi connectivity index (χ0n) is 15.9. The second-order valence-electron chi connectivity index (χ2n) is 7.96. The normalized spacial score (nSPS) is 29.9. The molecule has 0 amide bonds. The molecule has 1 aliphatic heterocycles. The first-order chi connectivity index (χ1) is 12.8. The zero-order valence-corrected chi connectivity index (χ0v) is 15.9. The van der Waals surface area contributed by atoms with Gasteiger partial charge in [0.05, 0.1) is 12.7 Å². The third-order valence-electron chi connectivity index (χ3n) is 6.69. The molecule has 5 heteroatoms. The average Bonchev–Trinajstić information content (AvgIpc) is 2.67. The molecule has 0 radical (unpaired) electrons. The Hall–Kier alpha value is -2.37. The quantitative estimate of drug-likeness (QED) is 0.873. The van der Waals surface area contributed by atoms with Gasteiger partial charge in [0.1, 0.15) is 11.4 Å². The minimum absolute atomic E-state index is 0.124. The van der Waals surface area contributed by atoms with Crippen molar-refractivity contribution < 1.29 is 19.7 Å². The van der Waals surface area contributed by atoms with Gasteiger partial charge in [0.15, 0.2) is 0 Å². The van der Waals surface area contributed by atoms with Crippen molar-refractivity contribution in [1.82, 2.24) is 4.90 Å². The fraction of sp³-hybridized carbons (Fsp3) is 0.409. The number of aromatic carboxylic acids is 1. The summed E-state index contributed by atoms with van der Waals surface area (Å²) in [5.41, 5.74) is 1.44. The fourth-order valence-electron chi connectivity index (χ4n) is 5.06. The molecule has 0 saturated carbocycles. The lowest BCUT2D eigenvalue weighted by molar-refractivity contribution is -0.141. The summed E-state index contributed by atoms with van der Waals surface area (Å²) in [7, 11) is 3.68. The van der Waals surface area contributed by atoms with Crippen LogP contribution in [0.15, 0.2) is 42.5 Å². The minimum atomic E-state index is -1.19. The van der Waals surface area contributed by atoms with E-state index >= 15 is 0 Å². The topological polar surface area (TPSA) is 70.0 Å². The highest BCUT2D eigenvalue weighted by molar-refractivity contribution is 5.87. The van der Waals surface area contributed by atoms with E-state index in [1.54, 1.807) is 25.3 Å². The first-order valence-electron chi connectivity index (χ1n) is 9.25. The van der Waals surface area contributed by atoms with E-state index in [0.29, 0.717) is 12.0 Å². The largest absolute Gasteiger partial charge is 0.497 e. The molecule has 1 heterocycles. The second-order valence-corrected chi connectivity index (χ2v) is 7.96. The van der Waals surface area contributed by atoms with Crippen molar-refractivity contribution in [2.45, 2.75) is 36.8 Å². The zero-order chi connectivity index (χ0) is 19.4. The van der Waals surface area contributed by atoms with Crippen LogP contribution in [0, 0.1) is 0 Å². The molecule has 2 aliphatic rings. The Morgan fingerprint density at radius 2 is 2.04 bits per heavy atom. The van der Waals surface area contributed by atoms with E-state index in [2.05, 4.69) is 17.9 Å². The van der Waals surface area contributed by atoms with Crippen LogP contribution in [0.5, 0.6) is 5.75 Å². The lowest BCUT2D eigenvalue weighted by Gasteiger charge is -2.60. The molecule has 142 valence electrons. The van der Waals surface area contributed by atoms with Gasteiger partial charge in [-0.2, -0.15) is 0 Å². The van der Waals surface area contributed by atoms with Crippen molar-refractivity contribution in [1.29, 1.82) is 0 Å². The Kier molecular flexibility index (Phi) is 4.05. The molecule has 27 heavy (non-hydrogen) atoms. The van der Waals surface area contributed by atoms with E-state index in [4.69, 9.17) is 4.74 Å². The SMILES string of the molecule is COc1ccc2c(c1)C1(C)CCN(C)C(C2)C1(O)c1cccc(C(=O)O)c1. The van der Waals surface area contributed by atoms with Gasteiger partial charge in [0.2, 0.25) is 0 Å². The number of nitrogens with zero attached hydrogens (tertiary/aromatic N) is 1. The van der Waals surface area contributed by atoms with Crippen LogP contribution in [-0.2, 0) is 17.4 Å². The van der Waals surface area contributed by atoms with Crippen LogP contribution in [0.1, 0.15) is 40.4 Å². The summed E-state index contributed by atoms with van der Waals surface area (Å²) in [5.74, 6) is -0.212. The molecule has 0 spiro atoms. The molecular weight excluding hydrogens is 342 g/mol. The first-order valence-corrected chi connectivity index (χ1v) is 9.25. The van der Waals surface area contributed by atoms with Gasteiger partial charge in [-0.1, -0.05) is 25.1 Å². The highest BCUT2D eigenvalue weighted by Crippen LogP contribution is 2.56. The number of hydrogen-bond acceptors (Lipinski definition) is 4. The van der Waals surface area contributed by atoms with Crippen molar-refractivity contribution in [2.75, 3.05) is 20.7 Å². The van der Waals surface area contributed by atoms with Crippen LogP contribution in [0.3, 0.4) is 0 Å². The van der Waals surface area contributed by atoms with Crippen LogP contribution in [0.4, 0.5) is 0 Å². The molecule has 5 nitrogen and oxygen atoms in total. The molecule has 1 saturated heterocycles. The number of methoxy groups -OCH3 is 1. The van der Waals surface area contributed by atoms with Crippen molar-refractivity contribution in [3.63, 3.8) is 0 Å². The maximum Gasteiger partial charge on any atom is 0.335 e. The maximum atomic E-state index is 12.2. The van der Waals surface area contributed by atoms with E-state index in [9.17, 15) is 15.0 Å². The van der Waals surface area contributed by atoms with E-state index in [0.717, 1.165) is 24.3 Å². The summed E-state index contributed by atoms with van der Waals surface area (Å²) < 4.78 is 5.44. The van der Waals surface area contributed by atoms with Gasteiger partial charge >= 0.3 is 5.97 Å². The maximum absolute atomic E-state index is 12.2. The number of hydrogen-bond donors (Lipinski definition) is 2. The van der Waals surface area contributed by atoms with Gasteiger partial charge in [-0.3, -0.25) is 4.90 Å². The third kappa shape index (κ3) is 2.42. The van der Waals surface area contributed by atoms with Crippen LogP contribution in [0.2, 0.25) is 0 Å². The number of fused-ring (bicyclic) bond motifs is 4. The summed E-state index contributed by atoms with van der Waals surface area (Å²) in [5, 5.41) is 21.6. The number of carbonyl (C=O) groups is 1. The number of carboxylic acid groups (broad SMARTS) is 1. The molecule has 2 N–H and O–H groups in total. The molecule has 1 fully saturated rings. The Balaban J connectivity index is 1.96. The van der Waals surface area contributed by atoms with Gasteiger partial charge < -0.3 is 14.9 Å². The smallest absolute Gasteiger partial charge is 0.335 e. The van der Waals surface area contributed by atoms with Crippen LogP contribution >= 0.6 is 0 Å². The Labute approximate surface area is 159 Å². The lowest BCUT2D eigenvalue weighted by Crippen LogP contribution is -2.67. The van der Waals surface area contributed by atoms with Gasteiger partial charge in [-0.05, 0) is 67.4 Å². The van der Waals surface area contributed by atoms with Crippen LogP contribution < -0.4 is 4.74 Å². The van der Waals surface area contributed by atoms with Crippen molar-refractivity contribution in [3.8, 4) is 5.75 Å². The predicted octanol–water partition coefficient (Wildman–Crippen LogP) is 2.80. The van der Waals surface area contributed by atoms with Crippen LogP contribution in [-0.4, -0.2) is 47.8 Å². The summed E-state index contributed by atoms with van der Waals surface area (Å²) >= 11 is 0. The standard InChI is InChI=1S/C22H25NO4/c1-21-9-10-23(2)19(12-14-7-8-17(27-3)13-18(14)21)22(21,26)16-6-4-5-15(11-16)20(24)25/h4-8,11,13,19,26H,9-10,12H2,1-3H3,(H,24,25). The molecule has 2 bridgehead atoms. The van der Waals surface area contributed by atoms with Gasteiger partial charge in [0.25, 0.3) is 0 Å². The van der Waals surface area contributed by atoms with E-state index in [1.165, 1.54) is 5.56 Å². The second kappa shape index (κ2) is 6.08. The Morgan fingerprint density at radius 3 is 2.74 bits per heavy atom. The molecule has 3 atom stereocenters. The number of carboxylic acids is 1. The van der Waals surface area contributed by atoms with E-state index < -0.39 is 17.0 Å². The monoisotopic (exact) mass is 367 g/mol. The molecule has 3 unspecified atom stereocenters. The molecular formula is C22H25NO4. The lowest BCUT2D eigenvalue weighted by atomic mass is 9.53. The Bertz CT molecular complexity index is 911. The first kappa shape index (κ1) is 18.0. The molecule has 1 aliphatic carbocycles. The van der Waals surface area contributed by atoms with E-state index in [1.807, 2.05) is 25.2 Å². The number of likely N-dealkylation sites (N-methyl/N-ethyl adjacent to an activating group) is 1. The highest BCUT2D eigenvalue weighted by atomic mass is 16.5. The number of likely N-dealkylation sites (tertiary alicyclic amines) is 1. The van der Waals surface area contributed by atoms with Crippen molar-refractivity contribution in [3.05, 3.63) is 64.7 Å². The van der Waals surface area contributed by atoms with Crippen molar-refractivity contribution >= 4 is 5.97 Å².